The van der Waals surface area contributed by atoms with Crippen molar-refractivity contribution in [3.8, 4) is 5.95 Å². The van der Waals surface area contributed by atoms with Gasteiger partial charge in [-0.2, -0.15) is 9.78 Å². The van der Waals surface area contributed by atoms with Crippen LogP contribution >= 0.6 is 0 Å². The van der Waals surface area contributed by atoms with Crippen LogP contribution in [0, 0.1) is 19.8 Å². The Morgan fingerprint density at radius 1 is 1.21 bits per heavy atom. The minimum absolute atomic E-state index is 0.147. The smallest absolute Gasteiger partial charge is 0.252 e. The minimum Gasteiger partial charge on any atom is -0.307 e. The van der Waals surface area contributed by atoms with E-state index < -0.39 is 0 Å². The van der Waals surface area contributed by atoms with Gasteiger partial charge >= 0.3 is 0 Å². The number of carbonyl (C=O) groups is 1. The lowest BCUT2D eigenvalue weighted by Gasteiger charge is -2.17. The molecule has 3 rings (SSSR count). The minimum atomic E-state index is -0.147. The third-order valence-electron chi connectivity index (χ3n) is 4.22. The van der Waals surface area contributed by atoms with Gasteiger partial charge in [-0.05, 0) is 44.7 Å². The molecule has 24 heavy (non-hydrogen) atoms. The summed E-state index contributed by atoms with van der Waals surface area (Å²) in [6, 6.07) is 3.64. The van der Waals surface area contributed by atoms with Crippen LogP contribution in [0.2, 0.25) is 0 Å². The van der Waals surface area contributed by atoms with Crippen LogP contribution in [0.4, 0.5) is 5.82 Å². The SMILES string of the molecule is Cc1cc(C)nc(-n2nccc2NC(=O)C=CC2CCCCC2)n1. The summed E-state index contributed by atoms with van der Waals surface area (Å²) in [6.45, 7) is 3.82. The van der Waals surface area contributed by atoms with Gasteiger partial charge in [-0.3, -0.25) is 4.79 Å². The van der Waals surface area contributed by atoms with Crippen molar-refractivity contribution in [2.24, 2.45) is 5.92 Å². The zero-order valence-electron chi connectivity index (χ0n) is 14.2. The van der Waals surface area contributed by atoms with Gasteiger partial charge in [-0.1, -0.05) is 25.3 Å². The van der Waals surface area contributed by atoms with Crippen molar-refractivity contribution >= 4 is 11.7 Å². The standard InChI is InChI=1S/C18H23N5O/c1-13-12-14(2)21-18(20-13)23-16(10-11-19-23)22-17(24)9-8-15-6-4-3-5-7-15/h8-12,15H,3-7H2,1-2H3,(H,22,24). The molecule has 1 amide bonds. The molecule has 1 aliphatic carbocycles. The van der Waals surface area contributed by atoms with Crippen LogP contribution in [0.3, 0.4) is 0 Å². The average molecular weight is 325 g/mol. The number of nitrogens with one attached hydrogen (secondary N) is 1. The summed E-state index contributed by atoms with van der Waals surface area (Å²) in [5.74, 6) is 1.41. The summed E-state index contributed by atoms with van der Waals surface area (Å²) in [5, 5.41) is 7.09. The molecule has 2 aromatic rings. The fourth-order valence-electron chi connectivity index (χ4n) is 3.08. The summed E-state index contributed by atoms with van der Waals surface area (Å²) in [5.41, 5.74) is 1.73. The van der Waals surface area contributed by atoms with Crippen LogP contribution < -0.4 is 5.32 Å². The maximum Gasteiger partial charge on any atom is 0.252 e. The van der Waals surface area contributed by atoms with E-state index in [0.29, 0.717) is 17.7 Å². The summed E-state index contributed by atoms with van der Waals surface area (Å²) in [4.78, 5) is 21.0. The molecule has 2 heterocycles. The van der Waals surface area contributed by atoms with E-state index >= 15 is 0 Å². The molecule has 0 aliphatic heterocycles. The number of amides is 1. The fourth-order valence-corrected chi connectivity index (χ4v) is 3.08. The topological polar surface area (TPSA) is 72.7 Å². The molecule has 0 saturated heterocycles. The lowest BCUT2D eigenvalue weighted by Crippen LogP contribution is -2.15. The zero-order valence-corrected chi connectivity index (χ0v) is 14.2. The van der Waals surface area contributed by atoms with Gasteiger partial charge in [0.2, 0.25) is 5.91 Å². The Morgan fingerprint density at radius 3 is 2.62 bits per heavy atom. The molecule has 1 fully saturated rings. The predicted octanol–water partition coefficient (Wildman–Crippen LogP) is 3.35. The fraction of sp³-hybridized carbons (Fsp3) is 0.444. The van der Waals surface area contributed by atoms with Crippen molar-refractivity contribution in [2.45, 2.75) is 46.0 Å². The van der Waals surface area contributed by atoms with Crippen molar-refractivity contribution in [2.75, 3.05) is 5.32 Å². The predicted molar refractivity (Wildman–Crippen MR) is 93.0 cm³/mol. The van der Waals surface area contributed by atoms with Crippen LogP contribution in [-0.2, 0) is 4.79 Å². The number of anilines is 1. The first-order valence-electron chi connectivity index (χ1n) is 8.48. The van der Waals surface area contributed by atoms with E-state index in [1.54, 1.807) is 23.0 Å². The van der Waals surface area contributed by atoms with E-state index in [-0.39, 0.29) is 5.91 Å². The summed E-state index contributed by atoms with van der Waals surface area (Å²) < 4.78 is 1.55. The molecule has 0 aromatic carbocycles. The molecule has 2 aromatic heterocycles. The Kier molecular flexibility index (Phi) is 5.03. The Balaban J connectivity index is 1.71. The Hall–Kier alpha value is -2.50. The Bertz CT molecular complexity index is 723. The van der Waals surface area contributed by atoms with Gasteiger partial charge in [0, 0.05) is 17.5 Å². The second-order valence-corrected chi connectivity index (χ2v) is 6.33. The van der Waals surface area contributed by atoms with Gasteiger partial charge in [-0.15, -0.1) is 0 Å². The summed E-state index contributed by atoms with van der Waals surface area (Å²) in [6.07, 6.45) is 11.5. The number of aryl methyl sites for hydroxylation is 2. The number of hydrogen-bond donors (Lipinski definition) is 1. The Morgan fingerprint density at radius 2 is 1.92 bits per heavy atom. The quantitative estimate of drug-likeness (QED) is 0.875. The number of rotatable bonds is 4. The van der Waals surface area contributed by atoms with E-state index in [9.17, 15) is 4.79 Å². The molecule has 0 bridgehead atoms. The third kappa shape index (κ3) is 4.07. The number of hydrogen-bond acceptors (Lipinski definition) is 4. The van der Waals surface area contributed by atoms with Gasteiger partial charge < -0.3 is 5.32 Å². The number of nitrogens with zero attached hydrogens (tertiary/aromatic N) is 4. The van der Waals surface area contributed by atoms with Crippen molar-refractivity contribution in [3.05, 3.63) is 41.9 Å². The van der Waals surface area contributed by atoms with Crippen LogP contribution in [-0.4, -0.2) is 25.7 Å². The molecule has 0 unspecified atom stereocenters. The number of allylic oxidation sites excluding steroid dienone is 1. The monoisotopic (exact) mass is 325 g/mol. The molecule has 6 nitrogen and oxygen atoms in total. The number of carbonyl (C=O) groups excluding carboxylic acids is 1. The zero-order chi connectivity index (χ0) is 16.9. The molecule has 0 radical (unpaired) electrons. The first-order chi connectivity index (χ1) is 11.6. The lowest BCUT2D eigenvalue weighted by molar-refractivity contribution is -0.112. The van der Waals surface area contributed by atoms with E-state index in [1.807, 2.05) is 26.0 Å². The third-order valence-corrected chi connectivity index (χ3v) is 4.22. The van der Waals surface area contributed by atoms with Gasteiger partial charge in [0.15, 0.2) is 0 Å². The summed E-state index contributed by atoms with van der Waals surface area (Å²) >= 11 is 0. The molecular formula is C18H23N5O. The normalized spacial score (nSPS) is 15.8. The van der Waals surface area contributed by atoms with Gasteiger partial charge in [0.05, 0.1) is 6.20 Å². The van der Waals surface area contributed by atoms with Crippen LogP contribution in [0.25, 0.3) is 5.95 Å². The highest BCUT2D eigenvalue weighted by Gasteiger charge is 2.12. The lowest BCUT2D eigenvalue weighted by atomic mass is 9.89. The first kappa shape index (κ1) is 16.4. The maximum absolute atomic E-state index is 12.2. The summed E-state index contributed by atoms with van der Waals surface area (Å²) in [7, 11) is 0. The van der Waals surface area contributed by atoms with E-state index in [1.165, 1.54) is 32.1 Å². The van der Waals surface area contributed by atoms with Crippen molar-refractivity contribution in [1.29, 1.82) is 0 Å². The van der Waals surface area contributed by atoms with Gasteiger partial charge in [-0.25, -0.2) is 9.97 Å². The molecule has 1 aliphatic rings. The van der Waals surface area contributed by atoms with Crippen LogP contribution in [0.5, 0.6) is 0 Å². The van der Waals surface area contributed by atoms with Crippen molar-refractivity contribution < 1.29 is 4.79 Å². The maximum atomic E-state index is 12.2. The van der Waals surface area contributed by atoms with Gasteiger partial charge in [0.1, 0.15) is 5.82 Å². The molecule has 0 atom stereocenters. The second kappa shape index (κ2) is 7.38. The number of aromatic nitrogens is 4. The van der Waals surface area contributed by atoms with Crippen molar-refractivity contribution in [3.63, 3.8) is 0 Å². The second-order valence-electron chi connectivity index (χ2n) is 6.33. The van der Waals surface area contributed by atoms with E-state index in [0.717, 1.165) is 11.4 Å². The van der Waals surface area contributed by atoms with E-state index in [4.69, 9.17) is 0 Å². The largest absolute Gasteiger partial charge is 0.307 e. The van der Waals surface area contributed by atoms with E-state index in [2.05, 4.69) is 20.4 Å². The molecule has 126 valence electrons. The highest BCUT2D eigenvalue weighted by atomic mass is 16.1. The highest BCUT2D eigenvalue weighted by Crippen LogP contribution is 2.24. The van der Waals surface area contributed by atoms with Crippen molar-refractivity contribution in [1.82, 2.24) is 19.7 Å². The molecular weight excluding hydrogens is 302 g/mol. The molecule has 6 heteroatoms. The highest BCUT2D eigenvalue weighted by molar-refractivity contribution is 5.98. The Labute approximate surface area is 142 Å². The van der Waals surface area contributed by atoms with Crippen LogP contribution in [0.1, 0.15) is 43.5 Å². The molecule has 0 spiro atoms. The average Bonchev–Trinajstić information content (AvgIpc) is 3.01. The van der Waals surface area contributed by atoms with Crippen LogP contribution in [0.15, 0.2) is 30.5 Å². The molecule has 1 N–H and O–H groups in total. The van der Waals surface area contributed by atoms with Gasteiger partial charge in [0.25, 0.3) is 5.95 Å². The first-order valence-corrected chi connectivity index (χ1v) is 8.48. The molecule has 1 saturated carbocycles.